The number of pyridine rings is 1. The summed E-state index contributed by atoms with van der Waals surface area (Å²) in [5.74, 6) is -0.842. The van der Waals surface area contributed by atoms with Crippen LogP contribution < -0.4 is 4.74 Å². The van der Waals surface area contributed by atoms with Gasteiger partial charge in [0.15, 0.2) is 11.4 Å². The summed E-state index contributed by atoms with van der Waals surface area (Å²) in [5, 5.41) is 9.95. The van der Waals surface area contributed by atoms with Crippen LogP contribution in [0.15, 0.2) is 36.4 Å². The number of carboxylic acid groups (broad SMARTS) is 1. The van der Waals surface area contributed by atoms with Gasteiger partial charge in [0, 0.05) is 5.69 Å². The molecule has 0 radical (unpaired) electrons. The Kier molecular flexibility index (Phi) is 3.53. The van der Waals surface area contributed by atoms with Gasteiger partial charge in [-0.15, -0.1) is 11.3 Å². The van der Waals surface area contributed by atoms with Crippen LogP contribution in [0, 0.1) is 6.92 Å². The first-order chi connectivity index (χ1) is 10.1. The molecule has 2 heterocycles. The van der Waals surface area contributed by atoms with E-state index in [1.807, 2.05) is 24.3 Å². The normalized spacial score (nSPS) is 10.7. The largest absolute Gasteiger partial charge is 0.484 e. The molecule has 1 aromatic carbocycles. The van der Waals surface area contributed by atoms with Crippen molar-refractivity contribution >= 4 is 27.5 Å². The second-order valence-electron chi connectivity index (χ2n) is 4.47. The molecule has 106 valence electrons. The molecule has 2 aromatic heterocycles. The molecule has 0 aliphatic heterocycles. The monoisotopic (exact) mass is 300 g/mol. The summed E-state index contributed by atoms with van der Waals surface area (Å²) in [5.41, 5.74) is 1.48. The fourth-order valence-corrected chi connectivity index (χ4v) is 2.82. The van der Waals surface area contributed by atoms with Crippen LogP contribution in [-0.4, -0.2) is 21.0 Å². The third-order valence-corrected chi connectivity index (χ3v) is 3.90. The number of aromatic carboxylic acids is 1. The van der Waals surface area contributed by atoms with Gasteiger partial charge in [-0.1, -0.05) is 12.1 Å². The lowest BCUT2D eigenvalue weighted by Crippen LogP contribution is -2.06. The number of thiazole rings is 1. The quantitative estimate of drug-likeness (QED) is 0.800. The molecular formula is C15H12N2O3S. The fourth-order valence-electron chi connectivity index (χ4n) is 1.93. The molecule has 21 heavy (non-hydrogen) atoms. The predicted octanol–water partition coefficient (Wildman–Crippen LogP) is 3.28. The summed E-state index contributed by atoms with van der Waals surface area (Å²) in [6, 6.07) is 11.2. The minimum atomic E-state index is -1.10. The number of carbonyl (C=O) groups is 1. The van der Waals surface area contributed by atoms with Gasteiger partial charge in [0.25, 0.3) is 0 Å². The van der Waals surface area contributed by atoms with E-state index in [-0.39, 0.29) is 18.1 Å². The molecule has 3 rings (SSSR count). The van der Waals surface area contributed by atoms with Crippen molar-refractivity contribution in [1.29, 1.82) is 0 Å². The van der Waals surface area contributed by atoms with E-state index in [1.54, 1.807) is 19.1 Å². The number of hydrogen-bond acceptors (Lipinski definition) is 5. The average molecular weight is 300 g/mol. The zero-order valence-electron chi connectivity index (χ0n) is 11.2. The van der Waals surface area contributed by atoms with Gasteiger partial charge in [-0.05, 0) is 31.2 Å². The van der Waals surface area contributed by atoms with Crippen molar-refractivity contribution in [2.75, 3.05) is 0 Å². The van der Waals surface area contributed by atoms with E-state index in [9.17, 15) is 4.79 Å². The van der Waals surface area contributed by atoms with Gasteiger partial charge in [-0.25, -0.2) is 14.8 Å². The first kappa shape index (κ1) is 13.5. The highest BCUT2D eigenvalue weighted by atomic mass is 32.1. The van der Waals surface area contributed by atoms with Crippen LogP contribution >= 0.6 is 11.3 Å². The number of fused-ring (bicyclic) bond motifs is 1. The average Bonchev–Trinajstić information content (AvgIpc) is 2.88. The summed E-state index contributed by atoms with van der Waals surface area (Å²) in [6.07, 6.45) is 0. The Labute approximate surface area is 124 Å². The fraction of sp³-hybridized carbons (Fsp3) is 0.133. The Morgan fingerprint density at radius 2 is 2.05 bits per heavy atom. The van der Waals surface area contributed by atoms with Crippen molar-refractivity contribution < 1.29 is 14.6 Å². The van der Waals surface area contributed by atoms with Crippen molar-refractivity contribution in [1.82, 2.24) is 9.97 Å². The molecule has 0 amide bonds. The molecule has 3 aromatic rings. The SMILES string of the molecule is Cc1ccc(OCc2nc3ccccc3s2)c(C(=O)O)n1. The highest BCUT2D eigenvalue weighted by Gasteiger charge is 2.14. The third-order valence-electron chi connectivity index (χ3n) is 2.89. The lowest BCUT2D eigenvalue weighted by atomic mass is 10.3. The van der Waals surface area contributed by atoms with Crippen molar-refractivity contribution in [2.45, 2.75) is 13.5 Å². The Bertz CT molecular complexity index is 781. The molecule has 0 unspecified atom stereocenters. The lowest BCUT2D eigenvalue weighted by molar-refractivity contribution is 0.0684. The van der Waals surface area contributed by atoms with Crippen LogP contribution in [0.25, 0.3) is 10.2 Å². The van der Waals surface area contributed by atoms with E-state index < -0.39 is 5.97 Å². The van der Waals surface area contributed by atoms with Crippen molar-refractivity contribution in [2.24, 2.45) is 0 Å². The zero-order chi connectivity index (χ0) is 14.8. The maximum atomic E-state index is 11.2. The Hall–Kier alpha value is -2.47. The van der Waals surface area contributed by atoms with E-state index in [1.165, 1.54) is 11.3 Å². The highest BCUT2D eigenvalue weighted by Crippen LogP contribution is 2.24. The van der Waals surface area contributed by atoms with E-state index in [2.05, 4.69) is 9.97 Å². The molecule has 6 heteroatoms. The van der Waals surface area contributed by atoms with Crippen molar-refractivity contribution in [3.63, 3.8) is 0 Å². The molecule has 0 bridgehead atoms. The van der Waals surface area contributed by atoms with Gasteiger partial charge < -0.3 is 9.84 Å². The summed E-state index contributed by atoms with van der Waals surface area (Å²) < 4.78 is 6.65. The summed E-state index contributed by atoms with van der Waals surface area (Å²) in [6.45, 7) is 1.97. The third kappa shape index (κ3) is 2.85. The molecule has 0 saturated heterocycles. The van der Waals surface area contributed by atoms with Crippen LogP contribution in [-0.2, 0) is 6.61 Å². The number of nitrogens with zero attached hydrogens (tertiary/aromatic N) is 2. The predicted molar refractivity (Wildman–Crippen MR) is 79.9 cm³/mol. The van der Waals surface area contributed by atoms with E-state index in [4.69, 9.17) is 9.84 Å². The minimum Gasteiger partial charge on any atom is -0.484 e. The zero-order valence-corrected chi connectivity index (χ0v) is 12.1. The molecule has 0 saturated carbocycles. The molecule has 5 nitrogen and oxygen atoms in total. The number of aryl methyl sites for hydroxylation is 1. The highest BCUT2D eigenvalue weighted by molar-refractivity contribution is 7.18. The lowest BCUT2D eigenvalue weighted by Gasteiger charge is -2.07. The number of para-hydroxylation sites is 1. The standard InChI is InChI=1S/C15H12N2O3S/c1-9-6-7-11(14(16-9)15(18)19)20-8-13-17-10-4-2-3-5-12(10)21-13/h2-7H,8H2,1H3,(H,18,19). The minimum absolute atomic E-state index is 0.0730. The number of rotatable bonds is 4. The van der Waals surface area contributed by atoms with E-state index in [0.29, 0.717) is 5.69 Å². The van der Waals surface area contributed by atoms with Crippen molar-refractivity contribution in [3.05, 3.63) is 52.8 Å². The second-order valence-corrected chi connectivity index (χ2v) is 5.58. The maximum Gasteiger partial charge on any atom is 0.358 e. The second kappa shape index (κ2) is 5.49. The van der Waals surface area contributed by atoms with Gasteiger partial charge in [0.2, 0.25) is 0 Å². The van der Waals surface area contributed by atoms with Crippen LogP contribution in [0.1, 0.15) is 21.2 Å². The first-order valence-corrected chi connectivity index (χ1v) is 7.13. The van der Waals surface area contributed by atoms with Crippen LogP contribution in [0.4, 0.5) is 0 Å². The van der Waals surface area contributed by atoms with Gasteiger partial charge >= 0.3 is 5.97 Å². The first-order valence-electron chi connectivity index (χ1n) is 6.31. The number of ether oxygens (including phenoxy) is 1. The van der Waals surface area contributed by atoms with E-state index in [0.717, 1.165) is 15.2 Å². The number of aromatic nitrogens is 2. The van der Waals surface area contributed by atoms with Crippen LogP contribution in [0.5, 0.6) is 5.75 Å². The van der Waals surface area contributed by atoms with E-state index >= 15 is 0 Å². The van der Waals surface area contributed by atoms with Crippen LogP contribution in [0.2, 0.25) is 0 Å². The molecule has 0 aliphatic carbocycles. The number of carboxylic acids is 1. The molecular weight excluding hydrogens is 288 g/mol. The molecule has 0 atom stereocenters. The molecule has 0 aliphatic rings. The summed E-state index contributed by atoms with van der Waals surface area (Å²) in [7, 11) is 0. The Morgan fingerprint density at radius 1 is 1.24 bits per heavy atom. The molecule has 0 spiro atoms. The van der Waals surface area contributed by atoms with Crippen molar-refractivity contribution in [3.8, 4) is 5.75 Å². The van der Waals surface area contributed by atoms with Gasteiger partial charge in [-0.2, -0.15) is 0 Å². The molecule has 1 N–H and O–H groups in total. The topological polar surface area (TPSA) is 72.3 Å². The van der Waals surface area contributed by atoms with Gasteiger partial charge in [-0.3, -0.25) is 0 Å². The van der Waals surface area contributed by atoms with Gasteiger partial charge in [0.05, 0.1) is 10.2 Å². The van der Waals surface area contributed by atoms with Gasteiger partial charge in [0.1, 0.15) is 11.6 Å². The smallest absolute Gasteiger partial charge is 0.358 e. The molecule has 0 fully saturated rings. The number of hydrogen-bond donors (Lipinski definition) is 1. The van der Waals surface area contributed by atoms with Crippen LogP contribution in [0.3, 0.4) is 0 Å². The Balaban J connectivity index is 1.83. The Morgan fingerprint density at radius 3 is 2.81 bits per heavy atom. The summed E-state index contributed by atoms with van der Waals surface area (Å²) in [4.78, 5) is 19.6. The summed E-state index contributed by atoms with van der Waals surface area (Å²) >= 11 is 1.53. The maximum absolute atomic E-state index is 11.2. The number of benzene rings is 1.